The van der Waals surface area contributed by atoms with E-state index < -0.39 is 6.04 Å². The van der Waals surface area contributed by atoms with Gasteiger partial charge in [-0.05, 0) is 49.1 Å². The maximum atomic E-state index is 12.0. The summed E-state index contributed by atoms with van der Waals surface area (Å²) in [6, 6.07) is 8.80. The molecule has 0 fully saturated rings. The van der Waals surface area contributed by atoms with E-state index in [9.17, 15) is 14.4 Å². The van der Waals surface area contributed by atoms with E-state index >= 15 is 0 Å². The van der Waals surface area contributed by atoms with Crippen molar-refractivity contribution in [3.8, 4) is 0 Å². The van der Waals surface area contributed by atoms with Gasteiger partial charge in [0.05, 0.1) is 19.2 Å². The molecule has 27 heavy (non-hydrogen) atoms. The molecule has 2 aromatic rings. The minimum Gasteiger partial charge on any atom is -0.467 e. The fraction of sp³-hybridized carbons (Fsp3) is 0.350. The normalized spacial score (nSPS) is 13.6. The summed E-state index contributed by atoms with van der Waals surface area (Å²) in [5.74, 6) is 0.262. The number of nitrogens with one attached hydrogen (secondary N) is 3. The van der Waals surface area contributed by atoms with Gasteiger partial charge in [-0.3, -0.25) is 14.4 Å². The maximum absolute atomic E-state index is 12.0. The van der Waals surface area contributed by atoms with E-state index in [0.717, 1.165) is 23.2 Å². The van der Waals surface area contributed by atoms with E-state index in [0.29, 0.717) is 31.6 Å². The van der Waals surface area contributed by atoms with Crippen LogP contribution in [0.3, 0.4) is 0 Å². The first-order valence-corrected chi connectivity index (χ1v) is 9.02. The monoisotopic (exact) mass is 369 g/mol. The zero-order valence-electron chi connectivity index (χ0n) is 15.2. The lowest BCUT2D eigenvalue weighted by molar-refractivity contribution is -0.128. The number of carbonyl (C=O) groups is 3. The van der Waals surface area contributed by atoms with Crippen molar-refractivity contribution in [2.24, 2.45) is 0 Å². The zero-order chi connectivity index (χ0) is 19.2. The number of aryl methyl sites for hydroxylation is 1. The summed E-state index contributed by atoms with van der Waals surface area (Å²) in [6.45, 7) is 1.95. The molecule has 1 aliphatic rings. The molecule has 0 saturated heterocycles. The van der Waals surface area contributed by atoms with E-state index in [1.165, 1.54) is 0 Å². The topological polar surface area (TPSA) is 100 Å². The number of furan rings is 1. The molecule has 0 saturated carbocycles. The SMILES string of the molecule is CC(NC(=O)CCCc1ccc2c(c1)CC(=O)N2)C(=O)NCc1ccco1. The maximum Gasteiger partial charge on any atom is 0.242 e. The third kappa shape index (κ3) is 5.20. The van der Waals surface area contributed by atoms with Gasteiger partial charge >= 0.3 is 0 Å². The number of hydrogen-bond acceptors (Lipinski definition) is 4. The van der Waals surface area contributed by atoms with Crippen LogP contribution in [0, 0.1) is 0 Å². The van der Waals surface area contributed by atoms with Crippen molar-refractivity contribution >= 4 is 23.4 Å². The van der Waals surface area contributed by atoms with E-state index in [2.05, 4.69) is 16.0 Å². The number of rotatable bonds is 8. The fourth-order valence-electron chi connectivity index (χ4n) is 3.01. The molecule has 0 radical (unpaired) electrons. The number of hydrogen-bond donors (Lipinski definition) is 3. The van der Waals surface area contributed by atoms with Crippen molar-refractivity contribution in [3.05, 3.63) is 53.5 Å². The Balaban J connectivity index is 1.37. The van der Waals surface area contributed by atoms with Crippen LogP contribution in [0.15, 0.2) is 41.0 Å². The molecule has 0 aliphatic carbocycles. The van der Waals surface area contributed by atoms with Gasteiger partial charge in [-0.15, -0.1) is 0 Å². The van der Waals surface area contributed by atoms with E-state index in [1.807, 2.05) is 18.2 Å². The van der Waals surface area contributed by atoms with Crippen LogP contribution in [0.25, 0.3) is 0 Å². The lowest BCUT2D eigenvalue weighted by Gasteiger charge is -2.13. The van der Waals surface area contributed by atoms with Crippen LogP contribution in [-0.4, -0.2) is 23.8 Å². The molecule has 142 valence electrons. The second-order valence-electron chi connectivity index (χ2n) is 6.66. The molecule has 1 atom stereocenters. The number of amides is 3. The van der Waals surface area contributed by atoms with Gasteiger partial charge in [-0.1, -0.05) is 12.1 Å². The van der Waals surface area contributed by atoms with Gasteiger partial charge in [-0.2, -0.15) is 0 Å². The van der Waals surface area contributed by atoms with Crippen molar-refractivity contribution in [3.63, 3.8) is 0 Å². The average molecular weight is 369 g/mol. The lowest BCUT2D eigenvalue weighted by Crippen LogP contribution is -2.44. The molecule has 2 heterocycles. The molecule has 7 nitrogen and oxygen atoms in total. The Labute approximate surface area is 157 Å². The van der Waals surface area contributed by atoms with Crippen LogP contribution in [0.1, 0.15) is 36.7 Å². The molecule has 0 spiro atoms. The highest BCUT2D eigenvalue weighted by atomic mass is 16.3. The highest BCUT2D eigenvalue weighted by molar-refractivity contribution is 5.99. The Kier molecular flexibility index (Phi) is 5.90. The molecule has 3 N–H and O–H groups in total. The van der Waals surface area contributed by atoms with Crippen molar-refractivity contribution in [1.29, 1.82) is 0 Å². The Morgan fingerprint density at radius 1 is 1.30 bits per heavy atom. The first-order chi connectivity index (χ1) is 13.0. The standard InChI is InChI=1S/C20H23N3O4/c1-13(20(26)21-12-16-5-3-9-27-16)22-18(24)6-2-4-14-7-8-17-15(10-14)11-19(25)23-17/h3,5,7-10,13H,2,4,6,11-12H2,1H3,(H,21,26)(H,22,24)(H,23,25). The van der Waals surface area contributed by atoms with Gasteiger partial charge in [0.1, 0.15) is 11.8 Å². The molecule has 1 aromatic heterocycles. The van der Waals surface area contributed by atoms with Crippen LogP contribution < -0.4 is 16.0 Å². The summed E-state index contributed by atoms with van der Waals surface area (Å²) >= 11 is 0. The Morgan fingerprint density at radius 2 is 2.15 bits per heavy atom. The van der Waals surface area contributed by atoms with Crippen molar-refractivity contribution in [2.45, 2.75) is 45.2 Å². The molecule has 7 heteroatoms. The quantitative estimate of drug-likeness (QED) is 0.662. The van der Waals surface area contributed by atoms with Crippen molar-refractivity contribution < 1.29 is 18.8 Å². The predicted octanol–water partition coefficient (Wildman–Crippen LogP) is 1.92. The first kappa shape index (κ1) is 18.7. The zero-order valence-corrected chi connectivity index (χ0v) is 15.2. The van der Waals surface area contributed by atoms with Crippen LogP contribution in [0.2, 0.25) is 0 Å². The fourth-order valence-corrected chi connectivity index (χ4v) is 3.01. The molecule has 3 amide bonds. The summed E-state index contributed by atoms with van der Waals surface area (Å²) in [7, 11) is 0. The minimum absolute atomic E-state index is 0.0147. The smallest absolute Gasteiger partial charge is 0.242 e. The van der Waals surface area contributed by atoms with E-state index in [-0.39, 0.29) is 17.7 Å². The van der Waals surface area contributed by atoms with E-state index in [1.54, 1.807) is 25.3 Å². The molecule has 1 aliphatic heterocycles. The Hall–Kier alpha value is -3.09. The average Bonchev–Trinajstić information content (AvgIpc) is 3.27. The Bertz CT molecular complexity index is 830. The highest BCUT2D eigenvalue weighted by Crippen LogP contribution is 2.24. The number of fused-ring (bicyclic) bond motifs is 1. The van der Waals surface area contributed by atoms with Crippen LogP contribution in [-0.2, 0) is 33.8 Å². The third-order valence-corrected chi connectivity index (χ3v) is 4.45. The highest BCUT2D eigenvalue weighted by Gasteiger charge is 2.18. The molecule has 3 rings (SSSR count). The summed E-state index contributed by atoms with van der Waals surface area (Å²) in [5.41, 5.74) is 2.97. The molecule has 1 unspecified atom stereocenters. The number of anilines is 1. The first-order valence-electron chi connectivity index (χ1n) is 9.02. The van der Waals surface area contributed by atoms with Gasteiger partial charge in [0.15, 0.2) is 0 Å². The summed E-state index contributed by atoms with van der Waals surface area (Å²) in [4.78, 5) is 35.4. The largest absolute Gasteiger partial charge is 0.467 e. The van der Waals surface area contributed by atoms with Crippen molar-refractivity contribution in [2.75, 3.05) is 5.32 Å². The van der Waals surface area contributed by atoms with Crippen molar-refractivity contribution in [1.82, 2.24) is 10.6 Å². The molecular weight excluding hydrogens is 346 g/mol. The van der Waals surface area contributed by atoms with Gasteiger partial charge in [0.2, 0.25) is 17.7 Å². The Morgan fingerprint density at radius 3 is 2.93 bits per heavy atom. The summed E-state index contributed by atoms with van der Waals surface area (Å²) in [5, 5.41) is 8.23. The summed E-state index contributed by atoms with van der Waals surface area (Å²) < 4.78 is 5.15. The van der Waals surface area contributed by atoms with Gasteiger partial charge < -0.3 is 20.4 Å². The van der Waals surface area contributed by atoms with Gasteiger partial charge in [0, 0.05) is 12.1 Å². The molecule has 0 bridgehead atoms. The lowest BCUT2D eigenvalue weighted by atomic mass is 10.0. The molecular formula is C20H23N3O4. The van der Waals surface area contributed by atoms with Crippen LogP contribution >= 0.6 is 0 Å². The predicted molar refractivity (Wildman–Crippen MR) is 99.9 cm³/mol. The van der Waals surface area contributed by atoms with Crippen LogP contribution in [0.5, 0.6) is 0 Å². The van der Waals surface area contributed by atoms with E-state index in [4.69, 9.17) is 4.42 Å². The third-order valence-electron chi connectivity index (χ3n) is 4.45. The molecule has 1 aromatic carbocycles. The second kappa shape index (κ2) is 8.53. The van der Waals surface area contributed by atoms with Gasteiger partial charge in [0.25, 0.3) is 0 Å². The number of carbonyl (C=O) groups excluding carboxylic acids is 3. The van der Waals surface area contributed by atoms with Crippen LogP contribution in [0.4, 0.5) is 5.69 Å². The minimum atomic E-state index is -0.607. The van der Waals surface area contributed by atoms with Gasteiger partial charge in [-0.25, -0.2) is 0 Å². The summed E-state index contributed by atoms with van der Waals surface area (Å²) in [6.07, 6.45) is 3.71. The number of benzene rings is 1. The second-order valence-corrected chi connectivity index (χ2v) is 6.66.